The molecular formula is C29H20ClN3O2. The molecule has 1 heterocycles. The molecule has 1 amide bonds. The molecule has 0 fully saturated rings. The zero-order valence-electron chi connectivity index (χ0n) is 18.6. The van der Waals surface area contributed by atoms with Crippen molar-refractivity contribution >= 4 is 29.0 Å². The van der Waals surface area contributed by atoms with Crippen molar-refractivity contribution < 1.29 is 9.59 Å². The van der Waals surface area contributed by atoms with E-state index >= 15 is 0 Å². The lowest BCUT2D eigenvalue weighted by molar-refractivity contribution is 0.0995. The van der Waals surface area contributed by atoms with Gasteiger partial charge in [-0.15, -0.1) is 0 Å². The predicted octanol–water partition coefficient (Wildman–Crippen LogP) is 6.68. The first kappa shape index (κ1) is 22.3. The first-order valence-electron chi connectivity index (χ1n) is 11.0. The minimum Gasteiger partial charge on any atom is -0.322 e. The maximum Gasteiger partial charge on any atom is 0.260 e. The molecule has 0 unspecified atom stereocenters. The zero-order valence-corrected chi connectivity index (χ0v) is 19.3. The highest BCUT2D eigenvalue weighted by molar-refractivity contribution is 6.30. The summed E-state index contributed by atoms with van der Waals surface area (Å²) in [7, 11) is 0. The second-order valence-electron chi connectivity index (χ2n) is 7.84. The fourth-order valence-electron chi connectivity index (χ4n) is 3.87. The van der Waals surface area contributed by atoms with E-state index in [-0.39, 0.29) is 17.0 Å². The molecule has 0 atom stereocenters. The third kappa shape index (κ3) is 4.63. The van der Waals surface area contributed by atoms with Gasteiger partial charge in [0, 0.05) is 21.8 Å². The van der Waals surface area contributed by atoms with Gasteiger partial charge in [-0.3, -0.25) is 9.59 Å². The number of ketones is 1. The largest absolute Gasteiger partial charge is 0.322 e. The van der Waals surface area contributed by atoms with Crippen molar-refractivity contribution in [1.29, 1.82) is 0 Å². The van der Waals surface area contributed by atoms with Crippen LogP contribution < -0.4 is 5.32 Å². The van der Waals surface area contributed by atoms with Crippen LogP contribution in [0.15, 0.2) is 115 Å². The minimum atomic E-state index is -0.422. The Kier molecular flexibility index (Phi) is 6.24. The van der Waals surface area contributed by atoms with Crippen LogP contribution in [0.1, 0.15) is 26.4 Å². The minimum absolute atomic E-state index is 0.0680. The number of halogens is 1. The molecule has 0 aliphatic heterocycles. The van der Waals surface area contributed by atoms with Crippen molar-refractivity contribution in [3.8, 4) is 16.9 Å². The fraction of sp³-hybridized carbons (Fsp3) is 0. The van der Waals surface area contributed by atoms with Crippen molar-refractivity contribution in [2.75, 3.05) is 5.32 Å². The van der Waals surface area contributed by atoms with Gasteiger partial charge in [-0.05, 0) is 36.4 Å². The summed E-state index contributed by atoms with van der Waals surface area (Å²) in [5.41, 5.74) is 3.27. The number of hydrogen-bond donors (Lipinski definition) is 1. The van der Waals surface area contributed by atoms with Crippen LogP contribution in [-0.2, 0) is 0 Å². The molecule has 0 spiro atoms. The van der Waals surface area contributed by atoms with Gasteiger partial charge < -0.3 is 5.32 Å². The quantitative estimate of drug-likeness (QED) is 0.277. The van der Waals surface area contributed by atoms with Gasteiger partial charge in [0.25, 0.3) is 5.91 Å². The molecule has 6 heteroatoms. The topological polar surface area (TPSA) is 64.0 Å². The van der Waals surface area contributed by atoms with E-state index in [2.05, 4.69) is 10.4 Å². The second kappa shape index (κ2) is 9.79. The number of rotatable bonds is 6. The van der Waals surface area contributed by atoms with E-state index in [1.165, 1.54) is 0 Å². The van der Waals surface area contributed by atoms with E-state index in [0.29, 0.717) is 27.7 Å². The van der Waals surface area contributed by atoms with Crippen LogP contribution in [-0.4, -0.2) is 21.5 Å². The molecule has 35 heavy (non-hydrogen) atoms. The van der Waals surface area contributed by atoms with Gasteiger partial charge >= 0.3 is 0 Å². The maximum atomic E-state index is 13.7. The number of hydrogen-bond acceptors (Lipinski definition) is 3. The smallest absolute Gasteiger partial charge is 0.260 e. The van der Waals surface area contributed by atoms with Gasteiger partial charge in [0.2, 0.25) is 5.78 Å². The summed E-state index contributed by atoms with van der Waals surface area (Å²) in [6, 6.07) is 34.5. The number of aromatic nitrogens is 2. The number of para-hydroxylation sites is 1. The van der Waals surface area contributed by atoms with E-state index in [1.54, 1.807) is 65.3 Å². The van der Waals surface area contributed by atoms with Gasteiger partial charge in [0.05, 0.1) is 16.9 Å². The van der Waals surface area contributed by atoms with Crippen LogP contribution in [0.5, 0.6) is 0 Å². The van der Waals surface area contributed by atoms with Gasteiger partial charge in [-0.1, -0.05) is 90.5 Å². The summed E-state index contributed by atoms with van der Waals surface area (Å²) in [6.45, 7) is 0. The monoisotopic (exact) mass is 477 g/mol. The van der Waals surface area contributed by atoms with E-state index < -0.39 is 5.91 Å². The van der Waals surface area contributed by atoms with Crippen LogP contribution >= 0.6 is 11.6 Å². The Bertz CT molecular complexity index is 1480. The first-order valence-corrected chi connectivity index (χ1v) is 11.4. The summed E-state index contributed by atoms with van der Waals surface area (Å²) in [6.07, 6.45) is 0. The first-order chi connectivity index (χ1) is 17.1. The summed E-state index contributed by atoms with van der Waals surface area (Å²) in [5.74, 6) is -0.761. The van der Waals surface area contributed by atoms with E-state index in [0.717, 1.165) is 5.56 Å². The average molecular weight is 478 g/mol. The van der Waals surface area contributed by atoms with Crippen LogP contribution in [0.4, 0.5) is 5.69 Å². The summed E-state index contributed by atoms with van der Waals surface area (Å²) >= 11 is 6.12. The number of nitrogens with one attached hydrogen (secondary N) is 1. The molecule has 0 aliphatic carbocycles. The summed E-state index contributed by atoms with van der Waals surface area (Å²) < 4.78 is 1.63. The molecule has 1 N–H and O–H groups in total. The van der Waals surface area contributed by atoms with Crippen molar-refractivity contribution in [3.63, 3.8) is 0 Å². The molecule has 0 aliphatic rings. The Balaban J connectivity index is 1.76. The third-order valence-corrected chi connectivity index (χ3v) is 5.77. The molecule has 5 aromatic rings. The van der Waals surface area contributed by atoms with Crippen LogP contribution in [0.3, 0.4) is 0 Å². The molecule has 5 nitrogen and oxygen atoms in total. The van der Waals surface area contributed by atoms with Crippen molar-refractivity contribution in [3.05, 3.63) is 137 Å². The highest BCUT2D eigenvalue weighted by Crippen LogP contribution is 2.31. The standard InChI is InChI=1S/C29H20ClN3O2/c30-22-16-18-24(19-17-22)33-27(20-10-4-1-5-11-20)25(29(35)31-23-14-8-3-9-15-23)26(32-33)28(34)21-12-6-2-7-13-21/h1-19H,(H,31,35). The van der Waals surface area contributed by atoms with Gasteiger partial charge in [0.15, 0.2) is 0 Å². The van der Waals surface area contributed by atoms with Crippen molar-refractivity contribution in [2.24, 2.45) is 0 Å². The summed E-state index contributed by atoms with van der Waals surface area (Å²) in [5, 5.41) is 8.19. The van der Waals surface area contributed by atoms with Crippen LogP contribution in [0, 0.1) is 0 Å². The average Bonchev–Trinajstić information content (AvgIpc) is 3.31. The van der Waals surface area contributed by atoms with E-state index in [1.807, 2.05) is 54.6 Å². The lowest BCUT2D eigenvalue weighted by Crippen LogP contribution is -2.17. The molecule has 5 rings (SSSR count). The van der Waals surface area contributed by atoms with Crippen LogP contribution in [0.2, 0.25) is 5.02 Å². The third-order valence-electron chi connectivity index (χ3n) is 5.51. The van der Waals surface area contributed by atoms with Gasteiger partial charge in [-0.25, -0.2) is 4.68 Å². The zero-order chi connectivity index (χ0) is 24.2. The lowest BCUT2D eigenvalue weighted by Gasteiger charge is -2.11. The maximum absolute atomic E-state index is 13.7. The lowest BCUT2D eigenvalue weighted by atomic mass is 10.00. The highest BCUT2D eigenvalue weighted by Gasteiger charge is 2.30. The Morgan fingerprint density at radius 1 is 0.714 bits per heavy atom. The molecule has 170 valence electrons. The fourth-order valence-corrected chi connectivity index (χ4v) is 3.99. The number of benzene rings is 4. The Labute approximate surface area is 207 Å². The van der Waals surface area contributed by atoms with E-state index in [4.69, 9.17) is 11.6 Å². The predicted molar refractivity (Wildman–Crippen MR) is 138 cm³/mol. The Morgan fingerprint density at radius 2 is 1.29 bits per heavy atom. The van der Waals surface area contributed by atoms with Crippen molar-refractivity contribution in [1.82, 2.24) is 9.78 Å². The van der Waals surface area contributed by atoms with Gasteiger partial charge in [0.1, 0.15) is 5.69 Å². The molecule has 4 aromatic carbocycles. The Hall–Kier alpha value is -4.48. The second-order valence-corrected chi connectivity index (χ2v) is 8.28. The van der Waals surface area contributed by atoms with E-state index in [9.17, 15) is 9.59 Å². The number of carbonyl (C=O) groups is 2. The van der Waals surface area contributed by atoms with Crippen LogP contribution in [0.25, 0.3) is 16.9 Å². The summed E-state index contributed by atoms with van der Waals surface area (Å²) in [4.78, 5) is 27.4. The van der Waals surface area contributed by atoms with Gasteiger partial charge in [-0.2, -0.15) is 5.10 Å². The molecule has 1 aromatic heterocycles. The number of nitrogens with zero attached hydrogens (tertiary/aromatic N) is 2. The SMILES string of the molecule is O=C(c1ccccc1)c1nn(-c2ccc(Cl)cc2)c(-c2ccccc2)c1C(=O)Nc1ccccc1. The highest BCUT2D eigenvalue weighted by atomic mass is 35.5. The molecular weight excluding hydrogens is 458 g/mol. The molecule has 0 radical (unpaired) electrons. The molecule has 0 saturated carbocycles. The number of anilines is 1. The molecule has 0 bridgehead atoms. The number of amides is 1. The number of carbonyl (C=O) groups excluding carboxylic acids is 2. The molecule has 0 saturated heterocycles. The Morgan fingerprint density at radius 3 is 1.91 bits per heavy atom. The van der Waals surface area contributed by atoms with Crippen molar-refractivity contribution in [2.45, 2.75) is 0 Å². The normalized spacial score (nSPS) is 10.7.